The molecule has 0 aromatic carbocycles. The van der Waals surface area contributed by atoms with E-state index in [-0.39, 0.29) is 5.54 Å². The fraction of sp³-hybridized carbons (Fsp3) is 1.00. The van der Waals surface area contributed by atoms with Crippen molar-refractivity contribution in [1.82, 2.24) is 5.32 Å². The summed E-state index contributed by atoms with van der Waals surface area (Å²) < 4.78 is 0. The summed E-state index contributed by atoms with van der Waals surface area (Å²) in [5.74, 6) is 1.26. The maximum absolute atomic E-state index is 9.77. The maximum atomic E-state index is 9.77. The van der Waals surface area contributed by atoms with Crippen LogP contribution < -0.4 is 5.32 Å². The summed E-state index contributed by atoms with van der Waals surface area (Å²) in [7, 11) is 0. The predicted molar refractivity (Wildman–Crippen MR) is 71.0 cm³/mol. The fourth-order valence-corrected chi connectivity index (χ4v) is 4.35. The second-order valence-corrected chi connectivity index (χ2v) is 6.86. The molecule has 0 spiro atoms. The highest BCUT2D eigenvalue weighted by Gasteiger charge is 2.39. The molecule has 1 saturated carbocycles. The van der Waals surface area contributed by atoms with Gasteiger partial charge in [0.05, 0.1) is 12.1 Å². The first kappa shape index (κ1) is 12.7. The van der Waals surface area contributed by atoms with Crippen LogP contribution in [0.2, 0.25) is 0 Å². The smallest absolute Gasteiger partial charge is 0.0624 e. The van der Waals surface area contributed by atoms with Gasteiger partial charge in [0.25, 0.3) is 0 Å². The van der Waals surface area contributed by atoms with Crippen LogP contribution in [0, 0.1) is 0 Å². The number of hydrogen-bond donors (Lipinski definition) is 2. The first-order valence-corrected chi connectivity index (χ1v) is 7.82. The molecular formula is C13H25NOS. The highest BCUT2D eigenvalue weighted by atomic mass is 32.2. The highest BCUT2D eigenvalue weighted by Crippen LogP contribution is 2.35. The zero-order valence-corrected chi connectivity index (χ0v) is 11.2. The Labute approximate surface area is 104 Å². The van der Waals surface area contributed by atoms with E-state index in [1.807, 2.05) is 11.8 Å². The van der Waals surface area contributed by atoms with Crippen molar-refractivity contribution in [2.45, 2.75) is 68.7 Å². The van der Waals surface area contributed by atoms with Gasteiger partial charge in [-0.15, -0.1) is 0 Å². The van der Waals surface area contributed by atoms with Crippen molar-refractivity contribution in [3.63, 3.8) is 0 Å². The zero-order chi connectivity index (χ0) is 11.4. The van der Waals surface area contributed by atoms with E-state index in [1.54, 1.807) is 0 Å². The van der Waals surface area contributed by atoms with E-state index in [2.05, 4.69) is 12.2 Å². The van der Waals surface area contributed by atoms with Gasteiger partial charge in [-0.1, -0.05) is 26.2 Å². The normalized spacial score (nSPS) is 37.5. The van der Waals surface area contributed by atoms with Crippen LogP contribution in [0.4, 0.5) is 0 Å². The van der Waals surface area contributed by atoms with Crippen LogP contribution in [0.15, 0.2) is 0 Å². The monoisotopic (exact) mass is 243 g/mol. The van der Waals surface area contributed by atoms with E-state index in [0.29, 0.717) is 17.9 Å². The van der Waals surface area contributed by atoms with Crippen LogP contribution in [0.5, 0.6) is 0 Å². The maximum Gasteiger partial charge on any atom is 0.0624 e. The summed E-state index contributed by atoms with van der Waals surface area (Å²) in [4.78, 5) is 0. The van der Waals surface area contributed by atoms with Crippen molar-refractivity contribution in [3.05, 3.63) is 0 Å². The van der Waals surface area contributed by atoms with Gasteiger partial charge in [-0.05, 0) is 31.4 Å². The minimum absolute atomic E-state index is 0.00488. The first-order chi connectivity index (χ1) is 7.77. The Morgan fingerprint density at radius 3 is 2.62 bits per heavy atom. The van der Waals surface area contributed by atoms with Crippen LogP contribution in [0.3, 0.4) is 0 Å². The van der Waals surface area contributed by atoms with Gasteiger partial charge in [-0.2, -0.15) is 11.8 Å². The van der Waals surface area contributed by atoms with Gasteiger partial charge in [-0.25, -0.2) is 0 Å². The SMILES string of the molecule is CC1SCCCC1(CO)NC1CCCCC1. The number of nitrogens with one attached hydrogen (secondary N) is 1. The summed E-state index contributed by atoms with van der Waals surface area (Å²) in [5, 5.41) is 14.1. The number of hydrogen-bond acceptors (Lipinski definition) is 3. The Morgan fingerprint density at radius 2 is 2.00 bits per heavy atom. The van der Waals surface area contributed by atoms with Crippen molar-refractivity contribution in [2.24, 2.45) is 0 Å². The van der Waals surface area contributed by atoms with Crippen LogP contribution >= 0.6 is 11.8 Å². The van der Waals surface area contributed by atoms with Gasteiger partial charge < -0.3 is 10.4 Å². The van der Waals surface area contributed by atoms with Gasteiger partial charge >= 0.3 is 0 Å². The molecule has 1 heterocycles. The van der Waals surface area contributed by atoms with Gasteiger partial charge in [0, 0.05) is 11.3 Å². The van der Waals surface area contributed by atoms with Crippen LogP contribution in [0.25, 0.3) is 0 Å². The van der Waals surface area contributed by atoms with Gasteiger partial charge in [0.2, 0.25) is 0 Å². The Kier molecular flexibility index (Phi) is 4.57. The number of thioether (sulfide) groups is 1. The van der Waals surface area contributed by atoms with Crippen molar-refractivity contribution in [1.29, 1.82) is 0 Å². The molecule has 2 rings (SSSR count). The highest BCUT2D eigenvalue weighted by molar-refractivity contribution is 8.00. The molecule has 2 fully saturated rings. The molecule has 1 saturated heterocycles. The van der Waals surface area contributed by atoms with Gasteiger partial charge in [0.15, 0.2) is 0 Å². The second kappa shape index (κ2) is 5.74. The molecule has 94 valence electrons. The Balaban J connectivity index is 1.96. The van der Waals surface area contributed by atoms with Crippen molar-refractivity contribution >= 4 is 11.8 Å². The average Bonchev–Trinajstić information content (AvgIpc) is 2.34. The molecule has 0 bridgehead atoms. The molecule has 2 aliphatic rings. The molecule has 0 aromatic rings. The van der Waals surface area contributed by atoms with E-state index in [0.717, 1.165) is 6.42 Å². The molecule has 2 nitrogen and oxygen atoms in total. The van der Waals surface area contributed by atoms with Crippen LogP contribution in [-0.4, -0.2) is 34.3 Å². The Bertz CT molecular complexity index is 218. The Hall–Kier alpha value is 0.270. The molecule has 2 atom stereocenters. The predicted octanol–water partition coefficient (Wildman–Crippen LogP) is 2.56. The standard InChI is InChI=1S/C13H25NOS/c1-11-13(10-15,8-5-9-16-11)14-12-6-3-2-4-7-12/h11-12,14-15H,2-10H2,1H3. The van der Waals surface area contributed by atoms with Crippen molar-refractivity contribution in [3.8, 4) is 0 Å². The molecular weight excluding hydrogens is 218 g/mol. The summed E-state index contributed by atoms with van der Waals surface area (Å²) in [6.07, 6.45) is 9.12. The fourth-order valence-electron chi connectivity index (χ4n) is 3.11. The molecule has 0 aromatic heterocycles. The minimum Gasteiger partial charge on any atom is -0.394 e. The van der Waals surface area contributed by atoms with Crippen molar-refractivity contribution in [2.75, 3.05) is 12.4 Å². The molecule has 1 aliphatic carbocycles. The molecule has 0 amide bonds. The number of rotatable bonds is 3. The van der Waals surface area contributed by atoms with Crippen molar-refractivity contribution < 1.29 is 5.11 Å². The lowest BCUT2D eigenvalue weighted by Gasteiger charge is -2.45. The van der Waals surface area contributed by atoms with Crippen LogP contribution in [-0.2, 0) is 0 Å². The lowest BCUT2D eigenvalue weighted by molar-refractivity contribution is 0.125. The summed E-state index contributed by atoms with van der Waals surface area (Å²) >= 11 is 2.02. The third-order valence-electron chi connectivity index (χ3n) is 4.29. The zero-order valence-electron chi connectivity index (χ0n) is 10.4. The quantitative estimate of drug-likeness (QED) is 0.799. The first-order valence-electron chi connectivity index (χ1n) is 6.77. The largest absolute Gasteiger partial charge is 0.394 e. The Morgan fingerprint density at radius 1 is 1.25 bits per heavy atom. The number of aliphatic hydroxyl groups is 1. The molecule has 16 heavy (non-hydrogen) atoms. The van der Waals surface area contributed by atoms with Gasteiger partial charge in [0.1, 0.15) is 0 Å². The van der Waals surface area contributed by atoms with E-state index < -0.39 is 0 Å². The summed E-state index contributed by atoms with van der Waals surface area (Å²) in [6, 6.07) is 0.655. The molecule has 2 unspecified atom stereocenters. The topological polar surface area (TPSA) is 32.3 Å². The lowest BCUT2D eigenvalue weighted by atomic mass is 9.86. The molecule has 3 heteroatoms. The van der Waals surface area contributed by atoms with Gasteiger partial charge in [-0.3, -0.25) is 0 Å². The third-order valence-corrected chi connectivity index (χ3v) is 5.77. The van der Waals surface area contributed by atoms with E-state index in [9.17, 15) is 5.11 Å². The minimum atomic E-state index is 0.00488. The lowest BCUT2D eigenvalue weighted by Crippen LogP contribution is -2.60. The second-order valence-electron chi connectivity index (χ2n) is 5.41. The van der Waals surface area contributed by atoms with Crippen LogP contribution in [0.1, 0.15) is 51.9 Å². The van der Waals surface area contributed by atoms with E-state index in [4.69, 9.17) is 0 Å². The molecule has 1 aliphatic heterocycles. The number of aliphatic hydroxyl groups excluding tert-OH is 1. The molecule has 2 N–H and O–H groups in total. The summed E-state index contributed by atoms with van der Waals surface area (Å²) in [6.45, 7) is 2.58. The van der Waals surface area contributed by atoms with E-state index in [1.165, 1.54) is 44.3 Å². The average molecular weight is 243 g/mol. The molecule has 0 radical (unpaired) electrons. The van der Waals surface area contributed by atoms with E-state index >= 15 is 0 Å². The summed E-state index contributed by atoms with van der Waals surface area (Å²) in [5.41, 5.74) is 0.00488. The third kappa shape index (κ3) is 2.74.